The molecule has 3 nitrogen and oxygen atoms in total. The molecule has 0 saturated heterocycles. The van der Waals surface area contributed by atoms with Crippen LogP contribution in [0.25, 0.3) is 6.08 Å². The molecule has 0 aromatic heterocycles. The fraction of sp³-hybridized carbons (Fsp3) is 0.471. The molecule has 0 saturated carbocycles. The minimum absolute atomic E-state index is 0.0509. The lowest BCUT2D eigenvalue weighted by atomic mass is 10.0. The zero-order valence-electron chi connectivity index (χ0n) is 13.0. The average Bonchev–Trinajstić information content (AvgIpc) is 2.33. The molecule has 110 valence electrons. The van der Waals surface area contributed by atoms with Crippen molar-refractivity contribution in [2.45, 2.75) is 46.3 Å². The highest BCUT2D eigenvalue weighted by atomic mass is 16.6. The summed E-state index contributed by atoms with van der Waals surface area (Å²) in [5.74, 6) is 0.294. The first-order valence-corrected chi connectivity index (χ1v) is 7.01. The van der Waals surface area contributed by atoms with Crippen molar-refractivity contribution in [2.24, 2.45) is 5.92 Å². The highest BCUT2D eigenvalue weighted by Gasteiger charge is 2.19. The fourth-order valence-corrected chi connectivity index (χ4v) is 1.66. The van der Waals surface area contributed by atoms with Crippen LogP contribution in [0.4, 0.5) is 4.79 Å². The van der Waals surface area contributed by atoms with Crippen LogP contribution in [-0.4, -0.2) is 17.7 Å². The molecule has 1 N–H and O–H groups in total. The summed E-state index contributed by atoms with van der Waals surface area (Å²) in [4.78, 5) is 11.8. The fourth-order valence-electron chi connectivity index (χ4n) is 1.66. The Bertz CT molecular complexity index is 444. The molecule has 0 heterocycles. The minimum atomic E-state index is -0.477. The third-order valence-electron chi connectivity index (χ3n) is 2.70. The molecule has 0 aliphatic carbocycles. The van der Waals surface area contributed by atoms with E-state index in [0.29, 0.717) is 5.92 Å². The lowest BCUT2D eigenvalue weighted by molar-refractivity contribution is 0.0504. The van der Waals surface area contributed by atoms with E-state index in [2.05, 4.69) is 19.2 Å². The monoisotopic (exact) mass is 275 g/mol. The maximum Gasteiger partial charge on any atom is 0.408 e. The predicted molar refractivity (Wildman–Crippen MR) is 83.5 cm³/mol. The number of amides is 1. The minimum Gasteiger partial charge on any atom is -0.444 e. The van der Waals surface area contributed by atoms with Gasteiger partial charge in [-0.05, 0) is 32.3 Å². The van der Waals surface area contributed by atoms with Crippen molar-refractivity contribution in [3.8, 4) is 0 Å². The van der Waals surface area contributed by atoms with Crippen LogP contribution in [0.5, 0.6) is 0 Å². The van der Waals surface area contributed by atoms with Gasteiger partial charge in [0.15, 0.2) is 0 Å². The van der Waals surface area contributed by atoms with Crippen molar-refractivity contribution in [1.82, 2.24) is 5.32 Å². The van der Waals surface area contributed by atoms with Crippen molar-refractivity contribution in [3.63, 3.8) is 0 Å². The van der Waals surface area contributed by atoms with E-state index < -0.39 is 5.60 Å². The van der Waals surface area contributed by atoms with E-state index >= 15 is 0 Å². The number of hydrogen-bond acceptors (Lipinski definition) is 2. The van der Waals surface area contributed by atoms with Crippen LogP contribution < -0.4 is 5.32 Å². The van der Waals surface area contributed by atoms with E-state index in [1.807, 2.05) is 63.3 Å². The molecule has 0 spiro atoms. The Labute approximate surface area is 122 Å². The Balaban J connectivity index is 2.66. The van der Waals surface area contributed by atoms with Gasteiger partial charge in [-0.25, -0.2) is 4.79 Å². The summed E-state index contributed by atoms with van der Waals surface area (Å²) in [5, 5.41) is 2.90. The van der Waals surface area contributed by atoms with Crippen molar-refractivity contribution in [3.05, 3.63) is 42.0 Å². The highest BCUT2D eigenvalue weighted by molar-refractivity contribution is 5.68. The van der Waals surface area contributed by atoms with Gasteiger partial charge in [-0.3, -0.25) is 0 Å². The van der Waals surface area contributed by atoms with Gasteiger partial charge >= 0.3 is 6.09 Å². The van der Waals surface area contributed by atoms with Crippen LogP contribution in [0.3, 0.4) is 0 Å². The number of carbonyl (C=O) groups excluding carboxylic acids is 1. The molecule has 3 heteroatoms. The van der Waals surface area contributed by atoms with Crippen LogP contribution in [0.15, 0.2) is 36.4 Å². The van der Waals surface area contributed by atoms with Crippen LogP contribution in [-0.2, 0) is 4.74 Å². The van der Waals surface area contributed by atoms with Crippen LogP contribution in [0.1, 0.15) is 40.2 Å². The lowest BCUT2D eigenvalue weighted by Gasteiger charge is -2.24. The smallest absolute Gasteiger partial charge is 0.408 e. The van der Waals surface area contributed by atoms with Crippen molar-refractivity contribution in [2.75, 3.05) is 0 Å². The molecule has 1 aromatic rings. The molecular formula is C17H25NO2. The number of benzene rings is 1. The zero-order valence-corrected chi connectivity index (χ0v) is 13.0. The first-order valence-electron chi connectivity index (χ1n) is 7.01. The van der Waals surface area contributed by atoms with Gasteiger partial charge < -0.3 is 10.1 Å². The van der Waals surface area contributed by atoms with E-state index in [4.69, 9.17) is 4.74 Å². The summed E-state index contributed by atoms with van der Waals surface area (Å²) >= 11 is 0. The van der Waals surface area contributed by atoms with Gasteiger partial charge in [0.05, 0.1) is 6.04 Å². The van der Waals surface area contributed by atoms with Gasteiger partial charge in [-0.2, -0.15) is 0 Å². The molecule has 1 atom stereocenters. The summed E-state index contributed by atoms with van der Waals surface area (Å²) in [6.07, 6.45) is 3.64. The maximum atomic E-state index is 11.8. The number of carbonyl (C=O) groups is 1. The largest absolute Gasteiger partial charge is 0.444 e. The number of alkyl carbamates (subject to hydrolysis) is 1. The van der Waals surface area contributed by atoms with Crippen molar-refractivity contribution < 1.29 is 9.53 Å². The summed E-state index contributed by atoms with van der Waals surface area (Å²) in [7, 11) is 0. The summed E-state index contributed by atoms with van der Waals surface area (Å²) in [6, 6.07) is 9.97. The Morgan fingerprint density at radius 2 is 1.80 bits per heavy atom. The van der Waals surface area contributed by atoms with E-state index in [-0.39, 0.29) is 12.1 Å². The molecule has 1 amide bonds. The van der Waals surface area contributed by atoms with E-state index in [1.54, 1.807) is 0 Å². The van der Waals surface area contributed by atoms with E-state index in [9.17, 15) is 4.79 Å². The average molecular weight is 275 g/mol. The summed E-state index contributed by atoms with van der Waals surface area (Å²) in [5.41, 5.74) is 0.638. The second kappa shape index (κ2) is 7.13. The molecule has 1 aromatic carbocycles. The molecule has 1 rings (SSSR count). The van der Waals surface area contributed by atoms with Crippen LogP contribution >= 0.6 is 0 Å². The predicted octanol–water partition coefficient (Wildman–Crippen LogP) is 4.25. The van der Waals surface area contributed by atoms with E-state index in [1.165, 1.54) is 0 Å². The van der Waals surface area contributed by atoms with Crippen molar-refractivity contribution >= 4 is 12.2 Å². The Morgan fingerprint density at radius 1 is 1.20 bits per heavy atom. The van der Waals surface area contributed by atoms with Gasteiger partial charge in [0.2, 0.25) is 0 Å². The number of rotatable bonds is 4. The Hall–Kier alpha value is -1.77. The lowest BCUT2D eigenvalue weighted by Crippen LogP contribution is -2.40. The van der Waals surface area contributed by atoms with Crippen LogP contribution in [0, 0.1) is 5.92 Å². The zero-order chi connectivity index (χ0) is 15.2. The Morgan fingerprint density at radius 3 is 2.30 bits per heavy atom. The SMILES string of the molecule is CC(C)C(/C=C/c1ccccc1)NC(=O)OC(C)(C)C. The number of ether oxygens (including phenoxy) is 1. The maximum absolute atomic E-state index is 11.8. The second-order valence-corrected chi connectivity index (χ2v) is 6.19. The molecular weight excluding hydrogens is 250 g/mol. The topological polar surface area (TPSA) is 38.3 Å². The van der Waals surface area contributed by atoms with Gasteiger partial charge in [0, 0.05) is 0 Å². The summed E-state index contributed by atoms with van der Waals surface area (Å²) in [6.45, 7) is 9.71. The third kappa shape index (κ3) is 6.41. The first-order chi connectivity index (χ1) is 9.28. The molecule has 0 aliphatic heterocycles. The number of nitrogens with one attached hydrogen (secondary N) is 1. The highest BCUT2D eigenvalue weighted by Crippen LogP contribution is 2.11. The molecule has 0 fully saturated rings. The van der Waals surface area contributed by atoms with E-state index in [0.717, 1.165) is 5.56 Å². The van der Waals surface area contributed by atoms with Crippen LogP contribution in [0.2, 0.25) is 0 Å². The van der Waals surface area contributed by atoms with Gasteiger partial charge in [0.1, 0.15) is 5.60 Å². The molecule has 0 radical (unpaired) electrons. The van der Waals surface area contributed by atoms with Gasteiger partial charge in [0.25, 0.3) is 0 Å². The molecule has 20 heavy (non-hydrogen) atoms. The number of hydrogen-bond donors (Lipinski definition) is 1. The molecule has 0 aliphatic rings. The first kappa shape index (κ1) is 16.3. The van der Waals surface area contributed by atoms with Crippen molar-refractivity contribution in [1.29, 1.82) is 0 Å². The Kier molecular flexibility index (Phi) is 5.81. The molecule has 1 unspecified atom stereocenters. The standard InChI is InChI=1S/C17H25NO2/c1-13(2)15(18-16(19)20-17(3,4)5)12-11-14-9-7-6-8-10-14/h6-13,15H,1-5H3,(H,18,19)/b12-11+. The van der Waals surface area contributed by atoms with Gasteiger partial charge in [-0.1, -0.05) is 56.3 Å². The molecule has 0 bridgehead atoms. The third-order valence-corrected chi connectivity index (χ3v) is 2.70. The van der Waals surface area contributed by atoms with Gasteiger partial charge in [-0.15, -0.1) is 0 Å². The summed E-state index contributed by atoms with van der Waals surface area (Å²) < 4.78 is 5.29. The quantitative estimate of drug-likeness (QED) is 0.892. The normalized spacial score (nSPS) is 13.5. The second-order valence-electron chi connectivity index (χ2n) is 6.19.